The second kappa shape index (κ2) is 11.5. The van der Waals surface area contributed by atoms with Crippen LogP contribution in [-0.2, 0) is 25.8 Å². The molecule has 6 nitrogen and oxygen atoms in total. The Labute approximate surface area is 253 Å². The first-order chi connectivity index (χ1) is 21.1. The highest BCUT2D eigenvalue weighted by molar-refractivity contribution is 6.07. The van der Waals surface area contributed by atoms with E-state index in [-0.39, 0.29) is 23.9 Å². The van der Waals surface area contributed by atoms with Crippen molar-refractivity contribution in [3.05, 3.63) is 143 Å². The van der Waals surface area contributed by atoms with Crippen LogP contribution in [0.2, 0.25) is 0 Å². The van der Waals surface area contributed by atoms with Crippen LogP contribution in [0, 0.1) is 6.92 Å². The molecule has 0 saturated heterocycles. The Hall–Kier alpha value is -5.18. The number of para-hydroxylation sites is 1. The molecular weight excluding hydrogens is 565 g/mol. The van der Waals surface area contributed by atoms with Gasteiger partial charge < -0.3 is 14.4 Å². The third-order valence-electron chi connectivity index (χ3n) is 7.95. The molecule has 44 heavy (non-hydrogen) atoms. The van der Waals surface area contributed by atoms with Gasteiger partial charge in [0.1, 0.15) is 5.69 Å². The summed E-state index contributed by atoms with van der Waals surface area (Å²) >= 11 is 0. The molecule has 0 aliphatic carbocycles. The predicted molar refractivity (Wildman–Crippen MR) is 162 cm³/mol. The van der Waals surface area contributed by atoms with Crippen molar-refractivity contribution in [3.8, 4) is 11.1 Å². The number of benzene rings is 3. The fourth-order valence-electron chi connectivity index (χ4n) is 5.78. The van der Waals surface area contributed by atoms with Crippen molar-refractivity contribution in [2.24, 2.45) is 0 Å². The van der Waals surface area contributed by atoms with E-state index >= 15 is 0 Å². The third-order valence-corrected chi connectivity index (χ3v) is 7.95. The lowest BCUT2D eigenvalue weighted by Crippen LogP contribution is -2.31. The minimum Gasteiger partial charge on any atom is -0.336 e. The molecule has 5 aromatic rings. The van der Waals surface area contributed by atoms with Gasteiger partial charge in [-0.3, -0.25) is 14.6 Å². The van der Waals surface area contributed by atoms with E-state index < -0.39 is 11.7 Å². The van der Waals surface area contributed by atoms with Crippen molar-refractivity contribution in [2.45, 2.75) is 32.7 Å². The van der Waals surface area contributed by atoms with E-state index in [1.807, 2.05) is 47.0 Å². The van der Waals surface area contributed by atoms with Gasteiger partial charge in [0.25, 0.3) is 11.8 Å². The lowest BCUT2D eigenvalue weighted by Gasteiger charge is -2.23. The molecule has 0 N–H and O–H groups in total. The van der Waals surface area contributed by atoms with Gasteiger partial charge in [0, 0.05) is 42.9 Å². The summed E-state index contributed by atoms with van der Waals surface area (Å²) in [7, 11) is 1.74. The summed E-state index contributed by atoms with van der Waals surface area (Å²) in [6.07, 6.45) is -1.09. The summed E-state index contributed by atoms with van der Waals surface area (Å²) in [4.78, 5) is 35.0. The van der Waals surface area contributed by atoms with E-state index in [9.17, 15) is 22.8 Å². The molecule has 1 aliphatic heterocycles. The number of hydrogen-bond acceptors (Lipinski definition) is 3. The summed E-state index contributed by atoms with van der Waals surface area (Å²) in [6, 6.07) is 25.2. The number of carbonyl (C=O) groups is 2. The smallest absolute Gasteiger partial charge is 0.336 e. The SMILES string of the molecule is Cc1cc(C(=O)N2Cc3ccc(C(=O)N(C)Cc4cccnc4)n3Cc3ccccc32)ccc1-c1ccccc1C(F)(F)F. The van der Waals surface area contributed by atoms with Crippen molar-refractivity contribution in [1.29, 1.82) is 0 Å². The molecule has 0 unspecified atom stereocenters. The van der Waals surface area contributed by atoms with Crippen LogP contribution in [-0.4, -0.2) is 33.3 Å². The van der Waals surface area contributed by atoms with Gasteiger partial charge >= 0.3 is 6.18 Å². The molecule has 0 bridgehead atoms. The highest BCUT2D eigenvalue weighted by Crippen LogP contribution is 2.38. The Morgan fingerprint density at radius 1 is 0.886 bits per heavy atom. The first-order valence-corrected chi connectivity index (χ1v) is 14.1. The minimum atomic E-state index is -4.50. The van der Waals surface area contributed by atoms with Crippen molar-refractivity contribution in [2.75, 3.05) is 11.9 Å². The van der Waals surface area contributed by atoms with Crippen molar-refractivity contribution < 1.29 is 22.8 Å². The standard InChI is InChI=1S/C35H29F3N4O2/c1-23-18-25(13-15-28(23)29-10-4-5-11-30(29)35(36,37)38)33(43)42-22-27-14-16-32(41(27)21-26-9-3-6-12-31(26)42)34(44)40(2)20-24-8-7-17-39-19-24/h3-19H,20-22H2,1-2H3. The molecule has 3 heterocycles. The minimum absolute atomic E-state index is 0.0696. The average molecular weight is 595 g/mol. The van der Waals surface area contributed by atoms with Crippen LogP contribution < -0.4 is 4.90 Å². The third kappa shape index (κ3) is 5.48. The van der Waals surface area contributed by atoms with Gasteiger partial charge in [0.05, 0.1) is 18.7 Å². The van der Waals surface area contributed by atoms with Gasteiger partial charge in [0.2, 0.25) is 0 Å². The molecular formula is C35H29F3N4O2. The summed E-state index contributed by atoms with van der Waals surface area (Å²) in [5.74, 6) is -0.435. The molecule has 0 spiro atoms. The monoisotopic (exact) mass is 594 g/mol. The number of nitrogens with zero attached hydrogens (tertiary/aromatic N) is 4. The Bertz CT molecular complexity index is 1860. The molecule has 222 valence electrons. The zero-order valence-corrected chi connectivity index (χ0v) is 24.2. The second-order valence-electron chi connectivity index (χ2n) is 10.9. The highest BCUT2D eigenvalue weighted by atomic mass is 19.4. The summed E-state index contributed by atoms with van der Waals surface area (Å²) < 4.78 is 43.1. The number of hydrogen-bond donors (Lipinski definition) is 0. The Morgan fingerprint density at radius 2 is 1.66 bits per heavy atom. The Morgan fingerprint density at radius 3 is 2.41 bits per heavy atom. The first kappa shape index (κ1) is 28.9. The molecule has 0 saturated carbocycles. The fraction of sp³-hybridized carbons (Fsp3) is 0.171. The average Bonchev–Trinajstić information content (AvgIpc) is 3.33. The number of pyridine rings is 1. The van der Waals surface area contributed by atoms with Crippen LogP contribution >= 0.6 is 0 Å². The maximum Gasteiger partial charge on any atom is 0.417 e. The molecule has 6 rings (SSSR count). The van der Waals surface area contributed by atoms with Crippen LogP contribution in [0.15, 0.2) is 103 Å². The maximum atomic E-state index is 14.1. The zero-order chi connectivity index (χ0) is 31.0. The number of amides is 2. The number of halogens is 3. The number of anilines is 1. The number of aromatic nitrogens is 2. The molecule has 2 aromatic heterocycles. The van der Waals surface area contributed by atoms with Crippen LogP contribution in [0.1, 0.15) is 48.8 Å². The van der Waals surface area contributed by atoms with Crippen molar-refractivity contribution in [3.63, 3.8) is 0 Å². The fourth-order valence-corrected chi connectivity index (χ4v) is 5.78. The second-order valence-corrected chi connectivity index (χ2v) is 10.9. The molecule has 0 radical (unpaired) electrons. The topological polar surface area (TPSA) is 58.4 Å². The number of aryl methyl sites for hydroxylation is 1. The zero-order valence-electron chi connectivity index (χ0n) is 24.2. The van der Waals surface area contributed by atoms with Crippen LogP contribution in [0.4, 0.5) is 18.9 Å². The van der Waals surface area contributed by atoms with Crippen LogP contribution in [0.5, 0.6) is 0 Å². The number of rotatable bonds is 5. The van der Waals surface area contributed by atoms with Crippen LogP contribution in [0.3, 0.4) is 0 Å². The lowest BCUT2D eigenvalue weighted by molar-refractivity contribution is -0.137. The lowest BCUT2D eigenvalue weighted by atomic mass is 9.94. The van der Waals surface area contributed by atoms with Gasteiger partial charge in [-0.15, -0.1) is 0 Å². The number of alkyl halides is 3. The summed E-state index contributed by atoms with van der Waals surface area (Å²) in [6.45, 7) is 2.72. The van der Waals surface area contributed by atoms with E-state index in [4.69, 9.17) is 0 Å². The Kier molecular flexibility index (Phi) is 7.55. The highest BCUT2D eigenvalue weighted by Gasteiger charge is 2.34. The number of fused-ring (bicyclic) bond motifs is 2. The van der Waals surface area contributed by atoms with E-state index in [2.05, 4.69) is 4.98 Å². The van der Waals surface area contributed by atoms with Crippen molar-refractivity contribution >= 4 is 17.5 Å². The Balaban J connectivity index is 1.32. The van der Waals surface area contributed by atoms with E-state index in [0.29, 0.717) is 41.2 Å². The molecule has 2 amide bonds. The van der Waals surface area contributed by atoms with E-state index in [0.717, 1.165) is 22.9 Å². The van der Waals surface area contributed by atoms with Gasteiger partial charge in [-0.05, 0) is 77.2 Å². The molecule has 9 heteroatoms. The van der Waals surface area contributed by atoms with Gasteiger partial charge in [-0.2, -0.15) is 13.2 Å². The van der Waals surface area contributed by atoms with Gasteiger partial charge in [-0.25, -0.2) is 0 Å². The van der Waals surface area contributed by atoms with Gasteiger partial charge in [0.15, 0.2) is 0 Å². The summed E-state index contributed by atoms with van der Waals surface area (Å²) in [5.41, 5.74) is 4.48. The van der Waals surface area contributed by atoms with Crippen molar-refractivity contribution in [1.82, 2.24) is 14.5 Å². The van der Waals surface area contributed by atoms with E-state index in [1.165, 1.54) is 12.1 Å². The summed E-state index contributed by atoms with van der Waals surface area (Å²) in [5, 5.41) is 0. The quantitative estimate of drug-likeness (QED) is 0.214. The largest absolute Gasteiger partial charge is 0.417 e. The predicted octanol–water partition coefficient (Wildman–Crippen LogP) is 7.36. The van der Waals surface area contributed by atoms with Gasteiger partial charge in [-0.1, -0.05) is 48.5 Å². The molecule has 0 atom stereocenters. The maximum absolute atomic E-state index is 14.1. The van der Waals surface area contributed by atoms with E-state index in [1.54, 1.807) is 66.5 Å². The number of carbonyl (C=O) groups excluding carboxylic acids is 2. The van der Waals surface area contributed by atoms with Crippen LogP contribution in [0.25, 0.3) is 11.1 Å². The first-order valence-electron chi connectivity index (χ1n) is 14.1. The molecule has 1 aliphatic rings. The molecule has 3 aromatic carbocycles. The normalized spacial score (nSPS) is 12.7. The molecule has 0 fully saturated rings.